The Hall–Kier alpha value is -2.42. The lowest BCUT2D eigenvalue weighted by molar-refractivity contribution is -0.153. The number of nitrogens with zero attached hydrogens (tertiary/aromatic N) is 2. The fourth-order valence-electron chi connectivity index (χ4n) is 2.64. The van der Waals surface area contributed by atoms with E-state index in [0.29, 0.717) is 16.4 Å². The second-order valence-electron chi connectivity index (χ2n) is 5.96. The Bertz CT molecular complexity index is 957. The lowest BCUT2D eigenvalue weighted by Gasteiger charge is -2.11. The van der Waals surface area contributed by atoms with Crippen molar-refractivity contribution < 1.29 is 22.6 Å². The summed E-state index contributed by atoms with van der Waals surface area (Å²) in [6.07, 6.45) is -2.61. The first-order valence-corrected chi connectivity index (χ1v) is 9.06. The van der Waals surface area contributed by atoms with Crippen LogP contribution >= 0.6 is 11.8 Å². The topological polar surface area (TPSA) is 60.0 Å². The predicted molar refractivity (Wildman–Crippen MR) is 97.5 cm³/mol. The highest BCUT2D eigenvalue weighted by molar-refractivity contribution is 7.98. The molecule has 0 radical (unpaired) electrons. The highest BCUT2D eigenvalue weighted by atomic mass is 32.2. The van der Waals surface area contributed by atoms with Crippen LogP contribution < -0.4 is 9.47 Å². The van der Waals surface area contributed by atoms with Gasteiger partial charge in [0.1, 0.15) is 11.5 Å². The lowest BCUT2D eigenvalue weighted by Crippen LogP contribution is -2.19. The molecule has 0 saturated carbocycles. The zero-order valence-electron chi connectivity index (χ0n) is 15.0. The molecule has 0 atom stereocenters. The molecule has 144 valence electrons. The van der Waals surface area contributed by atoms with E-state index in [1.165, 1.54) is 23.9 Å². The smallest absolute Gasteiger partial charge is 0.422 e. The summed E-state index contributed by atoms with van der Waals surface area (Å²) in [6.45, 7) is 2.57. The number of hydrogen-bond donors (Lipinski definition) is 1. The third-order valence-electron chi connectivity index (χ3n) is 3.93. The van der Waals surface area contributed by atoms with Crippen molar-refractivity contribution in [3.63, 3.8) is 0 Å². The molecule has 0 aliphatic rings. The number of pyridine rings is 1. The van der Waals surface area contributed by atoms with Crippen LogP contribution in [0.15, 0.2) is 29.6 Å². The zero-order chi connectivity index (χ0) is 19.6. The SMILES string of the molecule is COc1c(C)cnc(CSc2nc3cc(OCC(F)(F)F)ccc3[nH]2)c1C. The van der Waals surface area contributed by atoms with Crippen LogP contribution in [0.5, 0.6) is 11.5 Å². The lowest BCUT2D eigenvalue weighted by atomic mass is 10.1. The molecular weight excluding hydrogens is 379 g/mol. The minimum absolute atomic E-state index is 0.128. The summed E-state index contributed by atoms with van der Waals surface area (Å²) < 4.78 is 47.0. The number of ether oxygens (including phenoxy) is 2. The first-order chi connectivity index (χ1) is 12.8. The van der Waals surface area contributed by atoms with Crippen LogP contribution in [0, 0.1) is 13.8 Å². The number of thioether (sulfide) groups is 1. The van der Waals surface area contributed by atoms with Gasteiger partial charge in [-0.25, -0.2) is 4.98 Å². The van der Waals surface area contributed by atoms with Crippen molar-refractivity contribution in [1.29, 1.82) is 0 Å². The number of aryl methyl sites for hydroxylation is 1. The van der Waals surface area contributed by atoms with Crippen molar-refractivity contribution in [1.82, 2.24) is 15.0 Å². The maximum absolute atomic E-state index is 12.3. The molecule has 0 fully saturated rings. The Morgan fingerprint density at radius 1 is 1.22 bits per heavy atom. The van der Waals surface area contributed by atoms with Gasteiger partial charge in [0.25, 0.3) is 0 Å². The molecule has 3 rings (SSSR count). The molecule has 2 heterocycles. The molecule has 5 nitrogen and oxygen atoms in total. The van der Waals surface area contributed by atoms with Gasteiger partial charge < -0.3 is 14.5 Å². The molecule has 0 saturated heterocycles. The van der Waals surface area contributed by atoms with E-state index in [2.05, 4.69) is 15.0 Å². The van der Waals surface area contributed by atoms with E-state index < -0.39 is 12.8 Å². The van der Waals surface area contributed by atoms with Crippen molar-refractivity contribution in [2.24, 2.45) is 0 Å². The maximum atomic E-state index is 12.3. The number of fused-ring (bicyclic) bond motifs is 1. The summed E-state index contributed by atoms with van der Waals surface area (Å²) in [5, 5.41) is 0.652. The van der Waals surface area contributed by atoms with E-state index in [0.717, 1.165) is 28.1 Å². The van der Waals surface area contributed by atoms with Crippen LogP contribution in [-0.4, -0.2) is 34.8 Å². The van der Waals surface area contributed by atoms with Crippen molar-refractivity contribution in [2.45, 2.75) is 30.9 Å². The van der Waals surface area contributed by atoms with Crippen molar-refractivity contribution >= 4 is 22.8 Å². The number of rotatable bonds is 6. The van der Waals surface area contributed by atoms with Gasteiger partial charge in [0.2, 0.25) is 0 Å². The molecule has 0 aliphatic carbocycles. The first kappa shape index (κ1) is 19.3. The first-order valence-electron chi connectivity index (χ1n) is 8.08. The Morgan fingerprint density at radius 3 is 2.70 bits per heavy atom. The highest BCUT2D eigenvalue weighted by Crippen LogP contribution is 2.30. The molecule has 27 heavy (non-hydrogen) atoms. The van der Waals surface area contributed by atoms with E-state index in [1.807, 2.05) is 13.8 Å². The van der Waals surface area contributed by atoms with Gasteiger partial charge in [-0.2, -0.15) is 13.2 Å². The summed E-state index contributed by atoms with van der Waals surface area (Å²) in [7, 11) is 1.63. The Balaban J connectivity index is 1.73. The molecule has 1 aromatic carbocycles. The number of H-pyrrole nitrogens is 1. The number of halogens is 3. The molecule has 2 aromatic heterocycles. The van der Waals surface area contributed by atoms with Crippen LogP contribution in [0.4, 0.5) is 13.2 Å². The Kier molecular flexibility index (Phi) is 5.50. The van der Waals surface area contributed by atoms with Crippen molar-refractivity contribution in [3.8, 4) is 11.5 Å². The van der Waals surface area contributed by atoms with E-state index in [9.17, 15) is 13.2 Å². The summed E-state index contributed by atoms with van der Waals surface area (Å²) in [5.41, 5.74) is 4.10. The second-order valence-corrected chi connectivity index (χ2v) is 6.92. The molecular formula is C18H18F3N3O2S. The van der Waals surface area contributed by atoms with Gasteiger partial charge in [-0.1, -0.05) is 11.8 Å². The van der Waals surface area contributed by atoms with E-state index >= 15 is 0 Å². The molecule has 0 aliphatic heterocycles. The monoisotopic (exact) mass is 397 g/mol. The van der Waals surface area contributed by atoms with Crippen LogP contribution in [0.25, 0.3) is 11.0 Å². The fraction of sp³-hybridized carbons (Fsp3) is 0.333. The van der Waals surface area contributed by atoms with Gasteiger partial charge in [0.05, 0.1) is 23.8 Å². The molecule has 0 spiro atoms. The van der Waals surface area contributed by atoms with Crippen LogP contribution in [-0.2, 0) is 5.75 Å². The highest BCUT2D eigenvalue weighted by Gasteiger charge is 2.28. The largest absolute Gasteiger partial charge is 0.496 e. The average molecular weight is 397 g/mol. The molecule has 0 unspecified atom stereocenters. The van der Waals surface area contributed by atoms with Gasteiger partial charge >= 0.3 is 6.18 Å². The summed E-state index contributed by atoms with van der Waals surface area (Å²) in [5.74, 6) is 1.53. The molecule has 3 aromatic rings. The molecule has 9 heteroatoms. The van der Waals surface area contributed by atoms with Gasteiger partial charge in [0, 0.05) is 29.1 Å². The molecule has 1 N–H and O–H groups in total. The van der Waals surface area contributed by atoms with Gasteiger partial charge in [-0.05, 0) is 26.0 Å². The van der Waals surface area contributed by atoms with E-state index in [1.54, 1.807) is 19.4 Å². The van der Waals surface area contributed by atoms with Gasteiger partial charge in [0.15, 0.2) is 11.8 Å². The third kappa shape index (κ3) is 4.65. The van der Waals surface area contributed by atoms with Crippen molar-refractivity contribution in [2.75, 3.05) is 13.7 Å². The second kappa shape index (κ2) is 7.67. The number of aromatic nitrogens is 3. The fourth-order valence-corrected chi connectivity index (χ4v) is 3.55. The number of imidazole rings is 1. The normalized spacial score (nSPS) is 11.8. The van der Waals surface area contributed by atoms with Gasteiger partial charge in [-0.3, -0.25) is 4.98 Å². The Labute approximate surface area is 158 Å². The standard InChI is InChI=1S/C18H18F3N3O2S/c1-10-7-22-15(11(2)16(10)25-3)8-27-17-23-13-5-4-12(6-14(13)24-17)26-9-18(19,20)21/h4-7H,8-9H2,1-3H3,(H,23,24). The summed E-state index contributed by atoms with van der Waals surface area (Å²) >= 11 is 1.46. The predicted octanol–water partition coefficient (Wildman–Crippen LogP) is 4.82. The van der Waals surface area contributed by atoms with E-state index in [4.69, 9.17) is 9.47 Å². The minimum Gasteiger partial charge on any atom is -0.496 e. The average Bonchev–Trinajstić information content (AvgIpc) is 3.01. The molecule has 0 amide bonds. The summed E-state index contributed by atoms with van der Waals surface area (Å²) in [6, 6.07) is 4.62. The number of hydrogen-bond acceptors (Lipinski definition) is 5. The van der Waals surface area contributed by atoms with Crippen LogP contribution in [0.3, 0.4) is 0 Å². The van der Waals surface area contributed by atoms with Crippen LogP contribution in [0.2, 0.25) is 0 Å². The number of nitrogens with one attached hydrogen (secondary N) is 1. The number of benzene rings is 1. The number of alkyl halides is 3. The minimum atomic E-state index is -4.37. The Morgan fingerprint density at radius 2 is 2.00 bits per heavy atom. The molecule has 0 bridgehead atoms. The third-order valence-corrected chi connectivity index (χ3v) is 4.82. The number of aromatic amines is 1. The summed E-state index contributed by atoms with van der Waals surface area (Å²) in [4.78, 5) is 12.0. The zero-order valence-corrected chi connectivity index (χ0v) is 15.8. The number of methoxy groups -OCH3 is 1. The van der Waals surface area contributed by atoms with Crippen molar-refractivity contribution in [3.05, 3.63) is 41.2 Å². The van der Waals surface area contributed by atoms with Gasteiger partial charge in [-0.15, -0.1) is 0 Å². The van der Waals surface area contributed by atoms with Crippen LogP contribution in [0.1, 0.15) is 16.8 Å². The maximum Gasteiger partial charge on any atom is 0.422 e. The quantitative estimate of drug-likeness (QED) is 0.605. The van der Waals surface area contributed by atoms with E-state index in [-0.39, 0.29) is 5.75 Å².